The second-order valence-corrected chi connectivity index (χ2v) is 5.96. The molecule has 0 bridgehead atoms. The van der Waals surface area contributed by atoms with E-state index < -0.39 is 5.60 Å². The van der Waals surface area contributed by atoms with Crippen molar-refractivity contribution >= 4 is 6.09 Å². The molecule has 1 aliphatic carbocycles. The minimum atomic E-state index is -0.461. The number of nitrogens with zero attached hydrogens (tertiary/aromatic N) is 1. The van der Waals surface area contributed by atoms with E-state index in [0.717, 1.165) is 12.8 Å². The third-order valence-corrected chi connectivity index (χ3v) is 2.79. The summed E-state index contributed by atoms with van der Waals surface area (Å²) in [5.74, 6) is 0. The zero-order valence-corrected chi connectivity index (χ0v) is 11.5. The zero-order valence-electron chi connectivity index (χ0n) is 11.5. The first-order valence-corrected chi connectivity index (χ1v) is 6.65. The zero-order chi connectivity index (χ0) is 13.2. The standard InChI is InChI=1S/C13H23NO4/c1-13(2,3)18-12(15)14-6-7-16-9-11(8-14)17-10-4-5-10/h10-11H,4-9H2,1-3H3. The Hall–Kier alpha value is -0.810. The molecule has 0 aromatic heterocycles. The average Bonchev–Trinajstić information content (AvgIpc) is 3.03. The molecule has 2 aliphatic rings. The third-order valence-electron chi connectivity index (χ3n) is 2.79. The van der Waals surface area contributed by atoms with Crippen LogP contribution in [0.1, 0.15) is 33.6 Å². The molecule has 1 saturated carbocycles. The van der Waals surface area contributed by atoms with Crippen molar-refractivity contribution in [2.24, 2.45) is 0 Å². The van der Waals surface area contributed by atoms with Crippen LogP contribution in [0.15, 0.2) is 0 Å². The minimum Gasteiger partial charge on any atom is -0.444 e. The van der Waals surface area contributed by atoms with Crippen molar-refractivity contribution < 1.29 is 19.0 Å². The van der Waals surface area contributed by atoms with Gasteiger partial charge in [0, 0.05) is 6.54 Å². The van der Waals surface area contributed by atoms with Crippen molar-refractivity contribution in [3.63, 3.8) is 0 Å². The molecule has 1 heterocycles. The lowest BCUT2D eigenvalue weighted by molar-refractivity contribution is -0.0199. The minimum absolute atomic E-state index is 0.0208. The largest absolute Gasteiger partial charge is 0.444 e. The fourth-order valence-electron chi connectivity index (χ4n) is 1.83. The Morgan fingerprint density at radius 2 is 2.00 bits per heavy atom. The summed E-state index contributed by atoms with van der Waals surface area (Å²) in [7, 11) is 0. The fourth-order valence-corrected chi connectivity index (χ4v) is 1.83. The normalized spacial score (nSPS) is 25.7. The lowest BCUT2D eigenvalue weighted by Crippen LogP contribution is -2.42. The van der Waals surface area contributed by atoms with Crippen LogP contribution < -0.4 is 0 Å². The molecule has 1 atom stereocenters. The molecule has 1 saturated heterocycles. The number of amides is 1. The van der Waals surface area contributed by atoms with Gasteiger partial charge in [0.25, 0.3) is 0 Å². The van der Waals surface area contributed by atoms with Gasteiger partial charge in [-0.25, -0.2) is 4.79 Å². The molecule has 0 aromatic carbocycles. The van der Waals surface area contributed by atoms with E-state index in [1.165, 1.54) is 0 Å². The first kappa shape index (κ1) is 13.6. The number of ether oxygens (including phenoxy) is 3. The van der Waals surface area contributed by atoms with Crippen LogP contribution in [0.25, 0.3) is 0 Å². The van der Waals surface area contributed by atoms with Crippen LogP contribution in [-0.4, -0.2) is 55.1 Å². The van der Waals surface area contributed by atoms with Crippen molar-refractivity contribution in [3.05, 3.63) is 0 Å². The first-order valence-electron chi connectivity index (χ1n) is 6.65. The fraction of sp³-hybridized carbons (Fsp3) is 0.923. The van der Waals surface area contributed by atoms with Crippen LogP contribution in [0.2, 0.25) is 0 Å². The SMILES string of the molecule is CC(C)(C)OC(=O)N1CCOCC(OC2CC2)C1. The highest BCUT2D eigenvalue weighted by molar-refractivity contribution is 5.68. The molecule has 5 nitrogen and oxygen atoms in total. The summed E-state index contributed by atoms with van der Waals surface area (Å²) in [5.41, 5.74) is -0.461. The van der Waals surface area contributed by atoms with Gasteiger partial charge in [0.15, 0.2) is 0 Å². The van der Waals surface area contributed by atoms with E-state index in [0.29, 0.717) is 32.4 Å². The molecule has 2 fully saturated rings. The van der Waals surface area contributed by atoms with E-state index in [1.54, 1.807) is 4.90 Å². The Kier molecular flexibility index (Phi) is 4.12. The smallest absolute Gasteiger partial charge is 0.410 e. The van der Waals surface area contributed by atoms with Crippen molar-refractivity contribution in [3.8, 4) is 0 Å². The van der Waals surface area contributed by atoms with E-state index in [4.69, 9.17) is 14.2 Å². The van der Waals surface area contributed by atoms with E-state index >= 15 is 0 Å². The maximum Gasteiger partial charge on any atom is 0.410 e. The molecule has 0 spiro atoms. The second kappa shape index (κ2) is 5.45. The summed E-state index contributed by atoms with van der Waals surface area (Å²) in [6, 6.07) is 0. The Morgan fingerprint density at radius 1 is 1.28 bits per heavy atom. The molecule has 5 heteroatoms. The van der Waals surface area contributed by atoms with Crippen LogP contribution >= 0.6 is 0 Å². The van der Waals surface area contributed by atoms with Crippen LogP contribution in [-0.2, 0) is 14.2 Å². The molecule has 1 amide bonds. The quantitative estimate of drug-likeness (QED) is 0.757. The van der Waals surface area contributed by atoms with Crippen LogP contribution in [0, 0.1) is 0 Å². The highest BCUT2D eigenvalue weighted by atomic mass is 16.6. The van der Waals surface area contributed by atoms with Gasteiger partial charge in [-0.1, -0.05) is 0 Å². The van der Waals surface area contributed by atoms with Gasteiger partial charge < -0.3 is 19.1 Å². The van der Waals surface area contributed by atoms with E-state index in [2.05, 4.69) is 0 Å². The lowest BCUT2D eigenvalue weighted by atomic mass is 10.2. The molecule has 1 unspecified atom stereocenters. The Balaban J connectivity index is 1.87. The highest BCUT2D eigenvalue weighted by Crippen LogP contribution is 2.26. The lowest BCUT2D eigenvalue weighted by Gasteiger charge is -2.27. The predicted octanol–water partition coefficient (Wildman–Crippen LogP) is 1.80. The van der Waals surface area contributed by atoms with Crippen molar-refractivity contribution in [1.29, 1.82) is 0 Å². The van der Waals surface area contributed by atoms with Crippen molar-refractivity contribution in [2.45, 2.75) is 51.4 Å². The van der Waals surface area contributed by atoms with E-state index in [-0.39, 0.29) is 12.2 Å². The summed E-state index contributed by atoms with van der Waals surface area (Å²) in [4.78, 5) is 13.7. The molecule has 2 rings (SSSR count). The summed E-state index contributed by atoms with van der Waals surface area (Å²) in [5, 5.41) is 0. The number of hydrogen-bond donors (Lipinski definition) is 0. The maximum atomic E-state index is 12.0. The Labute approximate surface area is 108 Å². The van der Waals surface area contributed by atoms with Gasteiger partial charge in [-0.3, -0.25) is 0 Å². The highest BCUT2D eigenvalue weighted by Gasteiger charge is 2.31. The summed E-state index contributed by atoms with van der Waals surface area (Å²) < 4.78 is 16.7. The number of hydrogen-bond acceptors (Lipinski definition) is 4. The third kappa shape index (κ3) is 4.46. The van der Waals surface area contributed by atoms with E-state index in [9.17, 15) is 4.79 Å². The Morgan fingerprint density at radius 3 is 2.61 bits per heavy atom. The van der Waals surface area contributed by atoms with Crippen LogP contribution in [0.3, 0.4) is 0 Å². The van der Waals surface area contributed by atoms with Crippen molar-refractivity contribution in [2.75, 3.05) is 26.3 Å². The monoisotopic (exact) mass is 257 g/mol. The van der Waals surface area contributed by atoms with Crippen LogP contribution in [0.5, 0.6) is 0 Å². The van der Waals surface area contributed by atoms with Gasteiger partial charge in [0.05, 0.1) is 32.0 Å². The van der Waals surface area contributed by atoms with Gasteiger partial charge in [0.1, 0.15) is 5.60 Å². The second-order valence-electron chi connectivity index (χ2n) is 5.96. The molecule has 18 heavy (non-hydrogen) atoms. The molecule has 1 aliphatic heterocycles. The first-order chi connectivity index (χ1) is 8.44. The molecule has 0 N–H and O–H groups in total. The van der Waals surface area contributed by atoms with Gasteiger partial charge in [0.2, 0.25) is 0 Å². The predicted molar refractivity (Wildman–Crippen MR) is 66.5 cm³/mol. The summed E-state index contributed by atoms with van der Waals surface area (Å²) >= 11 is 0. The maximum absolute atomic E-state index is 12.0. The molecular weight excluding hydrogens is 234 g/mol. The molecular formula is C13H23NO4. The molecule has 0 aromatic rings. The van der Waals surface area contributed by atoms with Crippen molar-refractivity contribution in [1.82, 2.24) is 4.90 Å². The average molecular weight is 257 g/mol. The number of carbonyl (C=O) groups is 1. The Bertz CT molecular complexity index is 296. The number of carbonyl (C=O) groups excluding carboxylic acids is 1. The van der Waals surface area contributed by atoms with Gasteiger partial charge in [-0.15, -0.1) is 0 Å². The van der Waals surface area contributed by atoms with Gasteiger partial charge in [-0.05, 0) is 33.6 Å². The number of rotatable bonds is 2. The molecule has 0 radical (unpaired) electrons. The van der Waals surface area contributed by atoms with Gasteiger partial charge in [-0.2, -0.15) is 0 Å². The van der Waals surface area contributed by atoms with Gasteiger partial charge >= 0.3 is 6.09 Å². The van der Waals surface area contributed by atoms with E-state index in [1.807, 2.05) is 20.8 Å². The summed E-state index contributed by atoms with van der Waals surface area (Å²) in [6.07, 6.45) is 2.33. The summed E-state index contributed by atoms with van der Waals surface area (Å²) in [6.45, 7) is 7.86. The topological polar surface area (TPSA) is 48.0 Å². The molecule has 104 valence electrons. The van der Waals surface area contributed by atoms with Crippen LogP contribution in [0.4, 0.5) is 4.79 Å².